The van der Waals surface area contributed by atoms with Crippen LogP contribution in [-0.4, -0.2) is 32.1 Å². The molecule has 0 aromatic carbocycles. The van der Waals surface area contributed by atoms with Gasteiger partial charge in [-0.05, 0) is 52.4 Å². The van der Waals surface area contributed by atoms with Crippen LogP contribution in [0.25, 0.3) is 12.2 Å². The molecule has 3 heterocycles. The molecule has 0 saturated carbocycles. The second-order valence-electron chi connectivity index (χ2n) is 10.0. The molecule has 2 aromatic heterocycles. The molecular formula is C24H32N4O2S. The number of carbonyl (C=O) groups is 1. The predicted octanol–water partition coefficient (Wildman–Crippen LogP) is 3.23. The minimum absolute atomic E-state index is 0.00875. The molecule has 0 radical (unpaired) electrons. The fourth-order valence-electron chi connectivity index (χ4n) is 4.64. The Hall–Kier alpha value is -2.12. The summed E-state index contributed by atoms with van der Waals surface area (Å²) in [7, 11) is 0. The number of carbonyl (C=O) groups excluding carboxylic acids is 1. The van der Waals surface area contributed by atoms with Crippen molar-refractivity contribution in [3.63, 3.8) is 0 Å². The average Bonchev–Trinajstić information content (AvgIpc) is 3.34. The lowest BCUT2D eigenvalue weighted by Gasteiger charge is -2.33. The van der Waals surface area contributed by atoms with Gasteiger partial charge in [-0.3, -0.25) is 15.1 Å². The van der Waals surface area contributed by atoms with E-state index in [1.807, 2.05) is 38.5 Å². The summed E-state index contributed by atoms with van der Waals surface area (Å²) in [6.07, 6.45) is 11.3. The Morgan fingerprint density at radius 2 is 2.00 bits per heavy atom. The monoisotopic (exact) mass is 440 g/mol. The van der Waals surface area contributed by atoms with Crippen molar-refractivity contribution in [1.29, 1.82) is 0 Å². The number of aromatic nitrogens is 3. The van der Waals surface area contributed by atoms with E-state index in [9.17, 15) is 4.79 Å². The highest BCUT2D eigenvalue weighted by Gasteiger charge is 2.53. The quantitative estimate of drug-likeness (QED) is 0.720. The third-order valence-electron chi connectivity index (χ3n) is 5.74. The van der Waals surface area contributed by atoms with E-state index in [2.05, 4.69) is 41.3 Å². The molecule has 0 amide bonds. The molecule has 2 aliphatic rings. The molecule has 3 atom stereocenters. The van der Waals surface area contributed by atoms with E-state index in [0.717, 1.165) is 34.2 Å². The van der Waals surface area contributed by atoms with Gasteiger partial charge in [-0.25, -0.2) is 9.97 Å². The number of ether oxygens (including phenoxy) is 1. The summed E-state index contributed by atoms with van der Waals surface area (Å²) in [4.78, 5) is 27.7. The fourth-order valence-corrected chi connectivity index (χ4v) is 5.39. The summed E-state index contributed by atoms with van der Waals surface area (Å²) in [5.41, 5.74) is -0.420. The number of rotatable bonds is 5. The highest BCUT2D eigenvalue weighted by molar-refractivity contribution is 7.09. The van der Waals surface area contributed by atoms with E-state index in [-0.39, 0.29) is 17.9 Å². The zero-order valence-electron chi connectivity index (χ0n) is 19.0. The van der Waals surface area contributed by atoms with E-state index in [0.29, 0.717) is 18.8 Å². The largest absolute Gasteiger partial charge is 0.459 e. The van der Waals surface area contributed by atoms with Crippen molar-refractivity contribution in [2.24, 2.45) is 5.92 Å². The van der Waals surface area contributed by atoms with Crippen LogP contribution in [-0.2, 0) is 9.53 Å². The van der Waals surface area contributed by atoms with Crippen molar-refractivity contribution >= 4 is 29.5 Å². The molecule has 2 aromatic rings. The molecule has 1 fully saturated rings. The molecule has 1 aliphatic heterocycles. The Morgan fingerprint density at radius 3 is 2.65 bits per heavy atom. The van der Waals surface area contributed by atoms with Gasteiger partial charge in [0.2, 0.25) is 0 Å². The average molecular weight is 441 g/mol. The van der Waals surface area contributed by atoms with E-state index in [1.54, 1.807) is 11.3 Å². The molecule has 0 bridgehead atoms. The summed E-state index contributed by atoms with van der Waals surface area (Å²) < 4.78 is 5.90. The van der Waals surface area contributed by atoms with Gasteiger partial charge >= 0.3 is 5.97 Å². The molecule has 0 unspecified atom stereocenters. The van der Waals surface area contributed by atoms with Crippen molar-refractivity contribution in [2.45, 2.75) is 83.4 Å². The van der Waals surface area contributed by atoms with Crippen LogP contribution in [0.4, 0.5) is 0 Å². The minimum atomic E-state index is -0.782. The normalized spacial score (nSPS) is 25.6. The van der Waals surface area contributed by atoms with Crippen molar-refractivity contribution in [3.8, 4) is 0 Å². The van der Waals surface area contributed by atoms with Crippen molar-refractivity contribution in [1.82, 2.24) is 20.3 Å². The first-order valence-electron chi connectivity index (χ1n) is 11.1. The van der Waals surface area contributed by atoms with Crippen LogP contribution in [0.3, 0.4) is 0 Å². The fraction of sp³-hybridized carbons (Fsp3) is 0.583. The highest BCUT2D eigenvalue weighted by atomic mass is 32.1. The zero-order valence-corrected chi connectivity index (χ0v) is 19.8. The number of esters is 1. The first kappa shape index (κ1) is 22.1. The first-order valence-corrected chi connectivity index (χ1v) is 12.0. The molecule has 6 nitrogen and oxygen atoms in total. The van der Waals surface area contributed by atoms with Crippen LogP contribution in [0.5, 0.6) is 0 Å². The van der Waals surface area contributed by atoms with E-state index < -0.39 is 11.1 Å². The number of fused-ring (bicyclic) bond motifs is 1. The number of nitrogens with one attached hydrogen (secondary N) is 1. The first-order chi connectivity index (χ1) is 14.7. The maximum atomic E-state index is 13.5. The molecule has 1 N–H and O–H groups in total. The zero-order chi connectivity index (χ0) is 22.2. The second-order valence-corrected chi connectivity index (χ2v) is 11.0. The molecule has 0 spiro atoms. The van der Waals surface area contributed by atoms with Crippen molar-refractivity contribution in [2.75, 3.05) is 0 Å². The van der Waals surface area contributed by atoms with Crippen LogP contribution < -0.4 is 16.0 Å². The molecule has 4 rings (SSSR count). The van der Waals surface area contributed by atoms with Crippen LogP contribution in [0.15, 0.2) is 17.8 Å². The lowest BCUT2D eigenvalue weighted by Crippen LogP contribution is -2.52. The summed E-state index contributed by atoms with van der Waals surface area (Å²) in [6, 6.07) is -0.105. The van der Waals surface area contributed by atoms with Gasteiger partial charge in [-0.15, -0.1) is 11.3 Å². The molecule has 1 saturated heterocycles. The number of thiazole rings is 1. The predicted molar refractivity (Wildman–Crippen MR) is 123 cm³/mol. The molecule has 31 heavy (non-hydrogen) atoms. The van der Waals surface area contributed by atoms with Gasteiger partial charge in [0.05, 0.1) is 22.4 Å². The van der Waals surface area contributed by atoms with Crippen LogP contribution in [0, 0.1) is 5.92 Å². The number of nitrogens with zero attached hydrogens (tertiary/aromatic N) is 3. The molecule has 1 aliphatic carbocycles. The Kier molecular flexibility index (Phi) is 6.01. The van der Waals surface area contributed by atoms with Gasteiger partial charge in [0.25, 0.3) is 0 Å². The number of hydrogen-bond acceptors (Lipinski definition) is 7. The van der Waals surface area contributed by atoms with Gasteiger partial charge in [-0.1, -0.05) is 26.0 Å². The topological polar surface area (TPSA) is 77.0 Å². The van der Waals surface area contributed by atoms with Crippen LogP contribution in [0.2, 0.25) is 0 Å². The second kappa shape index (κ2) is 8.43. The number of hydrogen-bond donors (Lipinski definition) is 1. The highest BCUT2D eigenvalue weighted by Crippen LogP contribution is 2.47. The standard InChI is InChI=1S/C24H32N4O2S/c1-15(2)12-24(22(29)30-23(3,4)5)13-16(20(28-24)21-25-10-11-31-21)19-14-26-17-8-6-7-9-18(17)27-19/h8-11,14-16,20,28H,6-7,12-13H2,1-5H3/t16-,20-,24+/m1/s1. The van der Waals surface area contributed by atoms with Gasteiger partial charge in [-0.2, -0.15) is 0 Å². The Labute approximate surface area is 187 Å². The third kappa shape index (κ3) is 4.72. The van der Waals surface area contributed by atoms with Gasteiger partial charge in [0.1, 0.15) is 16.1 Å². The van der Waals surface area contributed by atoms with Crippen LogP contribution >= 0.6 is 11.3 Å². The van der Waals surface area contributed by atoms with E-state index >= 15 is 0 Å². The summed E-state index contributed by atoms with van der Waals surface area (Å²) in [6.45, 7) is 10.0. The Balaban J connectivity index is 1.77. The van der Waals surface area contributed by atoms with Crippen LogP contribution in [0.1, 0.15) is 83.0 Å². The Morgan fingerprint density at radius 1 is 1.26 bits per heavy atom. The van der Waals surface area contributed by atoms with E-state index in [1.165, 1.54) is 0 Å². The van der Waals surface area contributed by atoms with Gasteiger partial charge in [0.15, 0.2) is 0 Å². The minimum Gasteiger partial charge on any atom is -0.459 e. The Bertz CT molecular complexity index is 1060. The summed E-state index contributed by atoms with van der Waals surface area (Å²) in [5.74, 6) is 0.127. The van der Waals surface area contributed by atoms with E-state index in [4.69, 9.17) is 9.72 Å². The third-order valence-corrected chi connectivity index (χ3v) is 6.59. The smallest absolute Gasteiger partial charge is 0.326 e. The molecule has 7 heteroatoms. The lowest BCUT2D eigenvalue weighted by molar-refractivity contribution is -0.163. The SMILES string of the molecule is CC(C)C[C@@]1(C(=O)OC(C)(C)C)C[C@H](c2cnc3c(n2)=CCCC=3)[C@H](c2nccs2)N1. The van der Waals surface area contributed by atoms with Crippen molar-refractivity contribution in [3.05, 3.63) is 39.2 Å². The maximum Gasteiger partial charge on any atom is 0.326 e. The summed E-state index contributed by atoms with van der Waals surface area (Å²) in [5, 5.41) is 8.52. The maximum absolute atomic E-state index is 13.5. The molecular weight excluding hydrogens is 408 g/mol. The summed E-state index contributed by atoms with van der Waals surface area (Å²) >= 11 is 1.60. The molecule has 166 valence electrons. The van der Waals surface area contributed by atoms with Gasteiger partial charge < -0.3 is 4.74 Å². The lowest BCUT2D eigenvalue weighted by atomic mass is 9.83. The van der Waals surface area contributed by atoms with Crippen molar-refractivity contribution < 1.29 is 9.53 Å². The van der Waals surface area contributed by atoms with Gasteiger partial charge in [0, 0.05) is 23.7 Å².